The normalized spacial score (nSPS) is 23.8. The van der Waals surface area contributed by atoms with E-state index in [-0.39, 0.29) is 0 Å². The second-order valence-corrected chi connectivity index (χ2v) is 5.98. The van der Waals surface area contributed by atoms with Crippen LogP contribution in [0.1, 0.15) is 45.4 Å². The van der Waals surface area contributed by atoms with Gasteiger partial charge in [-0.15, -0.1) is 0 Å². The molecule has 1 heterocycles. The highest BCUT2D eigenvalue weighted by atomic mass is 16.2. The quantitative estimate of drug-likeness (QED) is 0.820. The van der Waals surface area contributed by atoms with Gasteiger partial charge in [-0.05, 0) is 32.2 Å². The van der Waals surface area contributed by atoms with Crippen LogP contribution in [0, 0.1) is 5.92 Å². The Balaban J connectivity index is 1.79. The summed E-state index contributed by atoms with van der Waals surface area (Å²) in [6.07, 6.45) is 6.95. The number of rotatable bonds is 5. The van der Waals surface area contributed by atoms with Gasteiger partial charge in [0.25, 0.3) is 0 Å². The van der Waals surface area contributed by atoms with Crippen LogP contribution in [-0.4, -0.2) is 54.5 Å². The zero-order valence-electron chi connectivity index (χ0n) is 12.3. The average molecular weight is 267 g/mol. The first-order valence-corrected chi connectivity index (χ1v) is 7.99. The molecule has 1 amide bonds. The number of carbonyl (C=O) groups is 1. The molecule has 19 heavy (non-hydrogen) atoms. The van der Waals surface area contributed by atoms with Crippen molar-refractivity contribution >= 4 is 5.91 Å². The summed E-state index contributed by atoms with van der Waals surface area (Å²) in [7, 11) is 0. The third-order valence-corrected chi connectivity index (χ3v) is 4.82. The summed E-state index contributed by atoms with van der Waals surface area (Å²) < 4.78 is 0. The molecule has 1 aliphatic carbocycles. The molecule has 0 bridgehead atoms. The molecule has 2 fully saturated rings. The molecule has 2 N–H and O–H groups in total. The Hall–Kier alpha value is -0.610. The van der Waals surface area contributed by atoms with Gasteiger partial charge in [0.15, 0.2) is 0 Å². The topological polar surface area (TPSA) is 49.6 Å². The maximum atomic E-state index is 12.4. The van der Waals surface area contributed by atoms with Gasteiger partial charge in [0.1, 0.15) is 0 Å². The maximum absolute atomic E-state index is 12.4. The Morgan fingerprint density at radius 3 is 2.37 bits per heavy atom. The molecule has 1 saturated heterocycles. The van der Waals surface area contributed by atoms with E-state index in [0.29, 0.717) is 17.9 Å². The summed E-state index contributed by atoms with van der Waals surface area (Å²) in [6.45, 7) is 6.87. The fourth-order valence-corrected chi connectivity index (χ4v) is 3.58. The standard InChI is InChI=1S/C15H29N3O/c1-2-14(7-8-16)17-9-11-18(12-10-17)15(19)13-5-3-4-6-13/h13-14H,2-12,16H2,1H3. The van der Waals surface area contributed by atoms with Gasteiger partial charge in [-0.2, -0.15) is 0 Å². The second-order valence-electron chi connectivity index (χ2n) is 5.98. The van der Waals surface area contributed by atoms with Crippen molar-refractivity contribution in [1.82, 2.24) is 9.80 Å². The van der Waals surface area contributed by atoms with Crippen LogP contribution in [0.25, 0.3) is 0 Å². The SMILES string of the molecule is CCC(CCN)N1CCN(C(=O)C2CCCC2)CC1. The highest BCUT2D eigenvalue weighted by molar-refractivity contribution is 5.79. The lowest BCUT2D eigenvalue weighted by Crippen LogP contribution is -2.53. The molecule has 4 nitrogen and oxygen atoms in total. The molecule has 2 aliphatic rings. The highest BCUT2D eigenvalue weighted by Crippen LogP contribution is 2.27. The van der Waals surface area contributed by atoms with Gasteiger partial charge in [-0.1, -0.05) is 19.8 Å². The van der Waals surface area contributed by atoms with Gasteiger partial charge < -0.3 is 10.6 Å². The van der Waals surface area contributed by atoms with E-state index < -0.39 is 0 Å². The molecule has 0 aromatic heterocycles. The number of nitrogens with two attached hydrogens (primary N) is 1. The van der Waals surface area contributed by atoms with Crippen LogP contribution in [0.3, 0.4) is 0 Å². The number of hydrogen-bond donors (Lipinski definition) is 1. The van der Waals surface area contributed by atoms with E-state index in [4.69, 9.17) is 5.73 Å². The third kappa shape index (κ3) is 3.69. The summed E-state index contributed by atoms with van der Waals surface area (Å²) in [5, 5.41) is 0. The second kappa shape index (κ2) is 7.25. The van der Waals surface area contributed by atoms with E-state index in [9.17, 15) is 4.79 Å². The lowest BCUT2D eigenvalue weighted by Gasteiger charge is -2.39. The molecule has 2 rings (SSSR count). The average Bonchev–Trinajstić information content (AvgIpc) is 2.98. The van der Waals surface area contributed by atoms with Crippen LogP contribution in [0.4, 0.5) is 0 Å². The van der Waals surface area contributed by atoms with Crippen molar-refractivity contribution < 1.29 is 4.79 Å². The summed E-state index contributed by atoms with van der Waals surface area (Å²) in [5.41, 5.74) is 5.68. The predicted molar refractivity (Wildman–Crippen MR) is 77.9 cm³/mol. The minimum absolute atomic E-state index is 0.331. The van der Waals surface area contributed by atoms with E-state index in [2.05, 4.69) is 16.7 Å². The Kier molecular flexibility index (Phi) is 5.64. The van der Waals surface area contributed by atoms with Gasteiger partial charge in [-0.25, -0.2) is 0 Å². The van der Waals surface area contributed by atoms with Crippen LogP contribution in [0.2, 0.25) is 0 Å². The summed E-state index contributed by atoms with van der Waals surface area (Å²) in [4.78, 5) is 17.0. The van der Waals surface area contributed by atoms with Crippen LogP contribution in [0.15, 0.2) is 0 Å². The van der Waals surface area contributed by atoms with Crippen molar-refractivity contribution in [2.24, 2.45) is 11.7 Å². The number of amides is 1. The zero-order chi connectivity index (χ0) is 13.7. The van der Waals surface area contributed by atoms with Crippen molar-refractivity contribution in [2.45, 2.75) is 51.5 Å². The van der Waals surface area contributed by atoms with Gasteiger partial charge in [-0.3, -0.25) is 9.69 Å². The lowest BCUT2D eigenvalue weighted by molar-refractivity contribution is -0.137. The Labute approximate surface area is 117 Å². The fourth-order valence-electron chi connectivity index (χ4n) is 3.58. The van der Waals surface area contributed by atoms with E-state index in [0.717, 1.165) is 58.4 Å². The van der Waals surface area contributed by atoms with Crippen molar-refractivity contribution in [1.29, 1.82) is 0 Å². The first-order chi connectivity index (χ1) is 9.26. The molecule has 0 radical (unpaired) electrons. The first kappa shape index (κ1) is 14.8. The molecule has 0 spiro atoms. The third-order valence-electron chi connectivity index (χ3n) is 4.82. The molecule has 0 aromatic carbocycles. The van der Waals surface area contributed by atoms with Crippen LogP contribution in [0.5, 0.6) is 0 Å². The molecule has 4 heteroatoms. The van der Waals surface area contributed by atoms with Crippen molar-refractivity contribution in [2.75, 3.05) is 32.7 Å². The molecule has 1 saturated carbocycles. The minimum Gasteiger partial charge on any atom is -0.340 e. The predicted octanol–water partition coefficient (Wildman–Crippen LogP) is 1.45. The van der Waals surface area contributed by atoms with E-state index in [1.165, 1.54) is 12.8 Å². The highest BCUT2D eigenvalue weighted by Gasteiger charge is 2.30. The van der Waals surface area contributed by atoms with E-state index >= 15 is 0 Å². The van der Waals surface area contributed by atoms with Gasteiger partial charge in [0, 0.05) is 38.1 Å². The van der Waals surface area contributed by atoms with Crippen LogP contribution in [-0.2, 0) is 4.79 Å². The van der Waals surface area contributed by atoms with Gasteiger partial charge >= 0.3 is 0 Å². The molecule has 110 valence electrons. The molecular formula is C15H29N3O. The van der Waals surface area contributed by atoms with Crippen molar-refractivity contribution in [3.05, 3.63) is 0 Å². The van der Waals surface area contributed by atoms with Gasteiger partial charge in [0.2, 0.25) is 5.91 Å². The molecule has 1 unspecified atom stereocenters. The monoisotopic (exact) mass is 267 g/mol. The number of carbonyl (C=O) groups excluding carboxylic acids is 1. The number of hydrogen-bond acceptors (Lipinski definition) is 3. The van der Waals surface area contributed by atoms with Crippen LogP contribution >= 0.6 is 0 Å². The Morgan fingerprint density at radius 1 is 1.21 bits per heavy atom. The zero-order valence-corrected chi connectivity index (χ0v) is 12.3. The van der Waals surface area contributed by atoms with E-state index in [1.807, 2.05) is 0 Å². The van der Waals surface area contributed by atoms with E-state index in [1.54, 1.807) is 0 Å². The minimum atomic E-state index is 0.331. The molecule has 0 aromatic rings. The molecular weight excluding hydrogens is 238 g/mol. The molecule has 1 atom stereocenters. The first-order valence-electron chi connectivity index (χ1n) is 7.99. The van der Waals surface area contributed by atoms with Crippen molar-refractivity contribution in [3.63, 3.8) is 0 Å². The van der Waals surface area contributed by atoms with Crippen molar-refractivity contribution in [3.8, 4) is 0 Å². The Morgan fingerprint density at radius 2 is 1.84 bits per heavy atom. The maximum Gasteiger partial charge on any atom is 0.225 e. The van der Waals surface area contributed by atoms with Gasteiger partial charge in [0.05, 0.1) is 0 Å². The Bertz CT molecular complexity index is 281. The number of piperazine rings is 1. The number of nitrogens with zero attached hydrogens (tertiary/aromatic N) is 2. The fraction of sp³-hybridized carbons (Fsp3) is 0.933. The summed E-state index contributed by atoms with van der Waals surface area (Å²) >= 11 is 0. The summed E-state index contributed by atoms with van der Waals surface area (Å²) in [6, 6.07) is 0.605. The largest absolute Gasteiger partial charge is 0.340 e. The summed E-state index contributed by atoms with van der Waals surface area (Å²) in [5.74, 6) is 0.751. The smallest absolute Gasteiger partial charge is 0.225 e. The lowest BCUT2D eigenvalue weighted by atomic mass is 10.0. The molecule has 1 aliphatic heterocycles. The van der Waals surface area contributed by atoms with Crippen LogP contribution < -0.4 is 5.73 Å².